The Kier molecular flexibility index (Phi) is 26.6. The summed E-state index contributed by atoms with van der Waals surface area (Å²) in [4.78, 5) is 95.3. The average Bonchev–Trinajstić information content (AvgIpc) is 1.97. The van der Waals surface area contributed by atoms with Crippen LogP contribution in [0, 0.1) is 11.8 Å². The van der Waals surface area contributed by atoms with Gasteiger partial charge in [-0.15, -0.1) is 0 Å². The minimum atomic E-state index is -2.37. The highest BCUT2D eigenvalue weighted by Gasteiger charge is 2.53. The van der Waals surface area contributed by atoms with Crippen LogP contribution in [0.1, 0.15) is 95.5 Å². The second kappa shape index (κ2) is 32.3. The zero-order valence-electron chi connectivity index (χ0n) is 49.8. The average molecular weight is 1320 g/mol. The Morgan fingerprint density at radius 1 is 0.607 bits per heavy atom. The number of esters is 4. The van der Waals surface area contributed by atoms with Gasteiger partial charge in [0.15, 0.2) is 54.7 Å². The lowest BCUT2D eigenvalue weighted by atomic mass is 10.1. The maximum atomic E-state index is 12.5. The molecule has 30 nitrogen and oxygen atoms in total. The van der Waals surface area contributed by atoms with Crippen molar-refractivity contribution in [1.82, 2.24) is 39.0 Å². The Bertz CT molecular complexity index is 2780. The summed E-state index contributed by atoms with van der Waals surface area (Å²) in [6, 6.07) is 0. The SMILES string of the molecule is CC(=O)OCCOC(OCCOC(C)=O)OC1[C@@H](O)[C@@H](C)O[C@H]1n1cnc2c(NC(=O)C(C)C)ncnc21.CC(=O)OCCOC(OCCOC(C)=O)OC1[C@@H](O[Si](C)(C)C(C)(C)C)[C@@H](CI)O[C@H]1n1cnc2c(NC(=O)C(C)C)ncnc21. The highest BCUT2D eigenvalue weighted by atomic mass is 127. The summed E-state index contributed by atoms with van der Waals surface area (Å²) in [7, 11) is -2.37. The van der Waals surface area contributed by atoms with Gasteiger partial charge >= 0.3 is 23.9 Å². The number of aliphatic hydroxyl groups excluding tert-OH is 1. The summed E-state index contributed by atoms with van der Waals surface area (Å²) in [6.45, 7) is 21.6. The first-order valence-electron chi connectivity index (χ1n) is 27.1. The third kappa shape index (κ3) is 19.8. The van der Waals surface area contributed by atoms with Crippen molar-refractivity contribution in [3.8, 4) is 0 Å². The predicted octanol–water partition coefficient (Wildman–Crippen LogP) is 4.50. The van der Waals surface area contributed by atoms with Gasteiger partial charge in [-0.1, -0.05) is 71.1 Å². The van der Waals surface area contributed by atoms with Crippen molar-refractivity contribution in [2.24, 2.45) is 11.8 Å². The van der Waals surface area contributed by atoms with E-state index in [4.69, 9.17) is 61.3 Å². The third-order valence-corrected chi connectivity index (χ3v) is 18.4. The number of amides is 2. The maximum Gasteiger partial charge on any atom is 0.302 e. The quantitative estimate of drug-likeness (QED) is 0.0128. The zero-order chi connectivity index (χ0) is 62.1. The summed E-state index contributed by atoms with van der Waals surface area (Å²) in [5.41, 5.74) is 1.45. The van der Waals surface area contributed by atoms with Gasteiger partial charge in [0.05, 0.1) is 51.3 Å². The number of anilines is 2. The first-order valence-corrected chi connectivity index (χ1v) is 31.6. The topological polar surface area (TPSA) is 354 Å². The number of hydrogen-bond acceptors (Lipinski definition) is 26. The predicted molar refractivity (Wildman–Crippen MR) is 306 cm³/mol. The van der Waals surface area contributed by atoms with Gasteiger partial charge in [0.25, 0.3) is 13.0 Å². The molecule has 0 spiro atoms. The van der Waals surface area contributed by atoms with Gasteiger partial charge in [-0.05, 0) is 25.1 Å². The lowest BCUT2D eigenvalue weighted by Gasteiger charge is -2.40. The number of aromatic nitrogens is 8. The van der Waals surface area contributed by atoms with Crippen LogP contribution in [0.4, 0.5) is 11.6 Å². The van der Waals surface area contributed by atoms with Crippen LogP contribution < -0.4 is 10.6 Å². The molecule has 6 heterocycles. The molecule has 4 aromatic heterocycles. The molecule has 0 radical (unpaired) electrons. The number of aliphatic hydroxyl groups is 1. The normalized spacial score (nSPS) is 20.8. The molecule has 2 unspecified atom stereocenters. The van der Waals surface area contributed by atoms with Gasteiger partial charge in [-0.2, -0.15) is 0 Å². The van der Waals surface area contributed by atoms with Crippen molar-refractivity contribution in [1.29, 1.82) is 0 Å². The number of fused-ring (bicyclic) bond motifs is 2. The van der Waals surface area contributed by atoms with Crippen LogP contribution in [-0.2, 0) is 90.0 Å². The molecule has 2 saturated heterocycles. The molecule has 2 aliphatic heterocycles. The van der Waals surface area contributed by atoms with Crippen LogP contribution >= 0.6 is 22.6 Å². The number of rotatable bonds is 29. The molecule has 0 aromatic carbocycles. The lowest BCUT2D eigenvalue weighted by Crippen LogP contribution is -2.51. The summed E-state index contributed by atoms with van der Waals surface area (Å²) >= 11 is 2.26. The first-order chi connectivity index (χ1) is 39.6. The fourth-order valence-corrected chi connectivity index (χ4v) is 9.68. The fourth-order valence-electron chi connectivity index (χ4n) is 7.66. The van der Waals surface area contributed by atoms with Crippen molar-refractivity contribution >= 4 is 101 Å². The second-order valence-corrected chi connectivity index (χ2v) is 26.9. The van der Waals surface area contributed by atoms with E-state index in [1.807, 2.05) is 0 Å². The fraction of sp³-hybridized carbons (Fsp3) is 0.692. The van der Waals surface area contributed by atoms with Gasteiger partial charge in [0, 0.05) is 44.0 Å². The van der Waals surface area contributed by atoms with E-state index in [0.717, 1.165) is 0 Å². The number of nitrogens with one attached hydrogen (secondary N) is 2. The number of carbonyl (C=O) groups excluding carboxylic acids is 6. The Balaban J connectivity index is 0.000000313. The number of alkyl halides is 1. The minimum absolute atomic E-state index is 0.0265. The first kappa shape index (κ1) is 69.2. The van der Waals surface area contributed by atoms with Crippen LogP contribution in [0.25, 0.3) is 22.3 Å². The van der Waals surface area contributed by atoms with E-state index in [-0.39, 0.29) is 93.2 Å². The summed E-state index contributed by atoms with van der Waals surface area (Å²) in [5, 5.41) is 16.3. The number of hydrogen-bond donors (Lipinski definition) is 3. The molecular formula is C52H79IN10O20Si. The highest BCUT2D eigenvalue weighted by molar-refractivity contribution is 14.1. The van der Waals surface area contributed by atoms with Crippen molar-refractivity contribution in [3.05, 3.63) is 25.3 Å². The van der Waals surface area contributed by atoms with Gasteiger partial charge < -0.3 is 77.0 Å². The Hall–Kier alpha value is -5.53. The summed E-state index contributed by atoms with van der Waals surface area (Å²) < 4.78 is 78.4. The molecule has 3 N–H and O–H groups in total. The lowest BCUT2D eigenvalue weighted by molar-refractivity contribution is -0.320. The minimum Gasteiger partial charge on any atom is -0.463 e. The standard InChI is InChI=1S/C29H46IN5O10Si.C23H33N5O10/c1-17(2)26(38)34-24-21-25(32-15-31-24)35(16-33-21)27-23(22(20(14-30)43-27)45-46(8,9)29(5,6)7)44-28(41-12-10-39-18(3)36)42-13-11-40-19(4)37;1-12(2)21(32)27-19-16-20(25-10-24-19)28(11-26-16)22-18(17(31)13(3)37-22)38-23(35-8-6-33-14(4)29)36-9-7-34-15(5)30/h15-17,20,22-23,27-28H,10-14H2,1-9H3,(H,31,32,34,38);10-13,17-18,22-23,31H,6-9H2,1-5H3,(H,24,25,27,32)/t20-,22+,23?,27-;13-,17+,18?,22-/m11/s1. The number of imidazole rings is 2. The molecule has 468 valence electrons. The van der Waals surface area contributed by atoms with E-state index < -0.39 is 94.2 Å². The number of ether oxygens (including phenoxy) is 12. The largest absolute Gasteiger partial charge is 0.463 e. The van der Waals surface area contributed by atoms with Crippen molar-refractivity contribution in [3.63, 3.8) is 0 Å². The number of carbonyl (C=O) groups is 6. The maximum absolute atomic E-state index is 12.5. The molecule has 8 atom stereocenters. The van der Waals surface area contributed by atoms with Crippen LogP contribution in [-0.4, -0.2) is 195 Å². The Morgan fingerprint density at radius 2 is 0.988 bits per heavy atom. The third-order valence-electron chi connectivity index (χ3n) is 13.0. The van der Waals surface area contributed by atoms with Crippen molar-refractivity contribution in [2.75, 3.05) is 67.9 Å². The number of nitrogens with zero attached hydrogens (tertiary/aromatic N) is 8. The van der Waals surface area contributed by atoms with E-state index in [2.05, 4.69) is 97.0 Å². The summed E-state index contributed by atoms with van der Waals surface area (Å²) in [5.74, 6) is -2.33. The van der Waals surface area contributed by atoms with Crippen LogP contribution in [0.5, 0.6) is 0 Å². The monoisotopic (exact) mass is 1320 g/mol. The van der Waals surface area contributed by atoms with Crippen molar-refractivity contribution < 1.29 is 95.1 Å². The van der Waals surface area contributed by atoms with E-state index in [9.17, 15) is 33.9 Å². The molecule has 2 amide bonds. The number of halogens is 1. The van der Waals surface area contributed by atoms with Gasteiger partial charge in [-0.3, -0.25) is 37.9 Å². The Morgan fingerprint density at radius 3 is 1.35 bits per heavy atom. The molecule has 6 rings (SSSR count). The van der Waals surface area contributed by atoms with Gasteiger partial charge in [0.2, 0.25) is 11.8 Å². The van der Waals surface area contributed by atoms with E-state index >= 15 is 0 Å². The van der Waals surface area contributed by atoms with E-state index in [1.54, 1.807) is 50.1 Å². The molecule has 0 saturated carbocycles. The summed E-state index contributed by atoms with van der Waals surface area (Å²) in [6.07, 6.45) is -0.615. The van der Waals surface area contributed by atoms with Crippen molar-refractivity contribution in [2.45, 2.75) is 163 Å². The van der Waals surface area contributed by atoms with Crippen LogP contribution in [0.15, 0.2) is 25.3 Å². The second-order valence-electron chi connectivity index (χ2n) is 21.3. The molecule has 2 fully saturated rings. The molecule has 32 heteroatoms. The smallest absolute Gasteiger partial charge is 0.302 e. The molecule has 0 bridgehead atoms. The van der Waals surface area contributed by atoms with E-state index in [1.165, 1.54) is 46.7 Å². The van der Waals surface area contributed by atoms with Gasteiger partial charge in [-0.25, -0.2) is 29.9 Å². The zero-order valence-corrected chi connectivity index (χ0v) is 52.9. The van der Waals surface area contributed by atoms with E-state index in [0.29, 0.717) is 26.8 Å². The molecular weight excluding hydrogens is 1240 g/mol. The molecule has 0 aliphatic carbocycles. The molecule has 4 aromatic rings. The molecule has 2 aliphatic rings. The molecule has 84 heavy (non-hydrogen) atoms. The highest BCUT2D eigenvalue weighted by Crippen LogP contribution is 2.44. The van der Waals surface area contributed by atoms with Crippen LogP contribution in [0.2, 0.25) is 18.1 Å². The van der Waals surface area contributed by atoms with Crippen LogP contribution in [0.3, 0.4) is 0 Å². The van der Waals surface area contributed by atoms with Gasteiger partial charge in [0.1, 0.15) is 63.5 Å². The Labute approximate surface area is 500 Å².